The Labute approximate surface area is 216 Å². The van der Waals surface area contributed by atoms with Gasteiger partial charge in [0, 0.05) is 12.4 Å². The SMILES string of the molecule is CCN(CC)CCCS(=O)(=O)N[C@H](CCc1ccccc1)c1nc(CNC(=O)c2csnn2)n(C)n1. The topological polar surface area (TPSA) is 135 Å². The highest BCUT2D eigenvalue weighted by Gasteiger charge is 2.24. The van der Waals surface area contributed by atoms with E-state index in [1.807, 2.05) is 30.3 Å². The molecular weight excluding hydrogens is 500 g/mol. The third-order valence-electron chi connectivity index (χ3n) is 5.85. The average Bonchev–Trinajstić information content (AvgIpc) is 3.54. The van der Waals surface area contributed by atoms with Gasteiger partial charge in [-0.1, -0.05) is 48.7 Å². The zero-order valence-corrected chi connectivity index (χ0v) is 22.6. The fraction of sp³-hybridized carbons (Fsp3) is 0.522. The lowest BCUT2D eigenvalue weighted by atomic mass is 10.1. The van der Waals surface area contributed by atoms with Gasteiger partial charge in [-0.15, -0.1) is 5.10 Å². The van der Waals surface area contributed by atoms with Crippen molar-refractivity contribution in [2.75, 3.05) is 25.4 Å². The van der Waals surface area contributed by atoms with Crippen LogP contribution in [0.4, 0.5) is 0 Å². The van der Waals surface area contributed by atoms with Crippen LogP contribution < -0.4 is 10.0 Å². The molecule has 0 aliphatic rings. The third-order valence-corrected chi connectivity index (χ3v) is 7.82. The van der Waals surface area contributed by atoms with Gasteiger partial charge in [0.1, 0.15) is 5.82 Å². The molecule has 196 valence electrons. The Hall–Kier alpha value is -2.74. The second kappa shape index (κ2) is 13.5. The molecule has 36 heavy (non-hydrogen) atoms. The summed E-state index contributed by atoms with van der Waals surface area (Å²) in [5, 5.41) is 12.5. The highest BCUT2D eigenvalue weighted by molar-refractivity contribution is 7.89. The summed E-state index contributed by atoms with van der Waals surface area (Å²) in [6, 6.07) is 9.29. The van der Waals surface area contributed by atoms with Crippen LogP contribution in [-0.4, -0.2) is 69.0 Å². The predicted molar refractivity (Wildman–Crippen MR) is 139 cm³/mol. The molecule has 3 aromatic rings. The summed E-state index contributed by atoms with van der Waals surface area (Å²) in [5.41, 5.74) is 1.34. The zero-order chi connectivity index (χ0) is 26.0. The van der Waals surface area contributed by atoms with Crippen molar-refractivity contribution in [3.05, 3.63) is 58.6 Å². The Bertz CT molecular complexity index is 1180. The first-order chi connectivity index (χ1) is 17.3. The van der Waals surface area contributed by atoms with Crippen LogP contribution >= 0.6 is 11.5 Å². The Kier molecular flexibility index (Phi) is 10.5. The first-order valence-corrected chi connectivity index (χ1v) is 14.5. The molecular formula is C23H34N8O3S2. The van der Waals surface area contributed by atoms with Gasteiger partial charge in [-0.25, -0.2) is 18.1 Å². The Morgan fingerprint density at radius 2 is 1.94 bits per heavy atom. The molecule has 1 aromatic carbocycles. The number of aryl methyl sites for hydroxylation is 2. The molecule has 0 fully saturated rings. The van der Waals surface area contributed by atoms with Crippen molar-refractivity contribution in [3.63, 3.8) is 0 Å². The summed E-state index contributed by atoms with van der Waals surface area (Å²) in [5.74, 6) is 0.554. The van der Waals surface area contributed by atoms with Crippen molar-refractivity contribution < 1.29 is 13.2 Å². The molecule has 13 heteroatoms. The maximum absolute atomic E-state index is 13.0. The van der Waals surface area contributed by atoms with Gasteiger partial charge in [-0.3, -0.25) is 9.48 Å². The van der Waals surface area contributed by atoms with Crippen LogP contribution in [0.2, 0.25) is 0 Å². The van der Waals surface area contributed by atoms with Gasteiger partial charge in [-0.05, 0) is 56.0 Å². The number of nitrogens with one attached hydrogen (secondary N) is 2. The summed E-state index contributed by atoms with van der Waals surface area (Å²) in [6.45, 7) is 6.76. The van der Waals surface area contributed by atoms with Crippen molar-refractivity contribution in [1.29, 1.82) is 0 Å². The zero-order valence-electron chi connectivity index (χ0n) is 20.9. The summed E-state index contributed by atoms with van der Waals surface area (Å²) >= 11 is 1.10. The minimum absolute atomic E-state index is 0.0305. The van der Waals surface area contributed by atoms with Gasteiger partial charge in [0.2, 0.25) is 10.0 Å². The van der Waals surface area contributed by atoms with Crippen LogP contribution in [0.3, 0.4) is 0 Å². The van der Waals surface area contributed by atoms with Crippen molar-refractivity contribution in [1.82, 2.24) is 39.3 Å². The van der Waals surface area contributed by atoms with Gasteiger partial charge in [-0.2, -0.15) is 5.10 Å². The lowest BCUT2D eigenvalue weighted by Gasteiger charge is -2.19. The van der Waals surface area contributed by atoms with Crippen molar-refractivity contribution in [2.45, 2.75) is 45.7 Å². The number of amides is 1. The Balaban J connectivity index is 1.70. The molecule has 11 nitrogen and oxygen atoms in total. The lowest BCUT2D eigenvalue weighted by molar-refractivity contribution is 0.0944. The van der Waals surface area contributed by atoms with Gasteiger partial charge in [0.25, 0.3) is 5.91 Å². The molecule has 2 N–H and O–H groups in total. The molecule has 0 aliphatic carbocycles. The molecule has 1 atom stereocenters. The van der Waals surface area contributed by atoms with E-state index in [0.29, 0.717) is 30.9 Å². The minimum atomic E-state index is -3.55. The molecule has 2 aromatic heterocycles. The van der Waals surface area contributed by atoms with E-state index in [4.69, 9.17) is 0 Å². The number of carbonyl (C=O) groups is 1. The summed E-state index contributed by atoms with van der Waals surface area (Å²) < 4.78 is 34.0. The van der Waals surface area contributed by atoms with Gasteiger partial charge >= 0.3 is 0 Å². The quantitative estimate of drug-likeness (QED) is 0.302. The highest BCUT2D eigenvalue weighted by Crippen LogP contribution is 2.19. The third kappa shape index (κ3) is 8.43. The number of sulfonamides is 1. The molecule has 0 bridgehead atoms. The van der Waals surface area contributed by atoms with Crippen LogP contribution in [0.25, 0.3) is 0 Å². The average molecular weight is 535 g/mol. The van der Waals surface area contributed by atoms with Gasteiger partial charge in [0.05, 0.1) is 18.3 Å². The van der Waals surface area contributed by atoms with Crippen molar-refractivity contribution in [2.24, 2.45) is 7.05 Å². The number of nitrogens with zero attached hydrogens (tertiary/aromatic N) is 6. The number of rotatable bonds is 15. The summed E-state index contributed by atoms with van der Waals surface area (Å²) in [4.78, 5) is 19.0. The standard InChI is InChI=1S/C23H34N8O3S2/c1-4-31(5-2)14-9-15-36(33,34)28-19(13-12-18-10-7-6-8-11-18)22-25-21(30(3)27-22)16-24-23(32)20-17-35-29-26-20/h6-8,10-11,17,19,28H,4-5,9,12-16H2,1-3H3,(H,24,32)/t19-/m1/s1. The Morgan fingerprint density at radius 3 is 2.61 bits per heavy atom. The number of hydrogen-bond donors (Lipinski definition) is 2. The number of aromatic nitrogens is 5. The van der Waals surface area contributed by atoms with E-state index in [-0.39, 0.29) is 23.9 Å². The lowest BCUT2D eigenvalue weighted by Crippen LogP contribution is -2.33. The molecule has 0 saturated carbocycles. The molecule has 0 spiro atoms. The van der Waals surface area contributed by atoms with Crippen LogP contribution in [0, 0.1) is 0 Å². The first-order valence-electron chi connectivity index (χ1n) is 12.0. The molecule has 3 rings (SSSR count). The molecule has 2 heterocycles. The molecule has 0 unspecified atom stereocenters. The number of benzene rings is 1. The molecule has 1 amide bonds. The van der Waals surface area contributed by atoms with E-state index in [1.54, 1.807) is 17.1 Å². The van der Waals surface area contributed by atoms with Gasteiger partial charge in [0.15, 0.2) is 11.5 Å². The van der Waals surface area contributed by atoms with E-state index < -0.39 is 16.1 Å². The summed E-state index contributed by atoms with van der Waals surface area (Å²) in [6.07, 6.45) is 1.70. The van der Waals surface area contributed by atoms with Crippen LogP contribution in [0.15, 0.2) is 35.7 Å². The molecule has 0 radical (unpaired) electrons. The Morgan fingerprint density at radius 1 is 1.19 bits per heavy atom. The maximum Gasteiger partial charge on any atom is 0.273 e. The fourth-order valence-corrected chi connectivity index (χ4v) is 5.46. The van der Waals surface area contributed by atoms with Crippen LogP contribution in [0.5, 0.6) is 0 Å². The van der Waals surface area contributed by atoms with E-state index in [2.05, 4.69) is 48.5 Å². The van der Waals surface area contributed by atoms with E-state index in [0.717, 1.165) is 36.7 Å². The molecule has 0 aliphatic heterocycles. The highest BCUT2D eigenvalue weighted by atomic mass is 32.2. The minimum Gasteiger partial charge on any atom is -0.343 e. The van der Waals surface area contributed by atoms with Gasteiger partial charge < -0.3 is 10.2 Å². The van der Waals surface area contributed by atoms with E-state index in [9.17, 15) is 13.2 Å². The summed E-state index contributed by atoms with van der Waals surface area (Å²) in [7, 11) is -1.84. The second-order valence-electron chi connectivity index (χ2n) is 8.38. The maximum atomic E-state index is 13.0. The van der Waals surface area contributed by atoms with Crippen molar-refractivity contribution >= 4 is 27.5 Å². The van der Waals surface area contributed by atoms with E-state index in [1.165, 1.54) is 0 Å². The molecule has 0 saturated heterocycles. The van der Waals surface area contributed by atoms with Crippen LogP contribution in [-0.2, 0) is 30.0 Å². The number of carbonyl (C=O) groups excluding carboxylic acids is 1. The monoisotopic (exact) mass is 534 g/mol. The normalized spacial score (nSPS) is 12.7. The largest absolute Gasteiger partial charge is 0.343 e. The van der Waals surface area contributed by atoms with Crippen LogP contribution in [0.1, 0.15) is 60.4 Å². The fourth-order valence-electron chi connectivity index (χ4n) is 3.74. The van der Waals surface area contributed by atoms with Crippen molar-refractivity contribution in [3.8, 4) is 0 Å². The smallest absolute Gasteiger partial charge is 0.273 e. The first kappa shape index (κ1) is 27.8. The van der Waals surface area contributed by atoms with E-state index >= 15 is 0 Å². The number of hydrogen-bond acceptors (Lipinski definition) is 9. The predicted octanol–water partition coefficient (Wildman–Crippen LogP) is 1.92. The second-order valence-corrected chi connectivity index (χ2v) is 10.9.